The van der Waals surface area contributed by atoms with Gasteiger partial charge in [-0.25, -0.2) is 9.97 Å². The Kier molecular flexibility index (Phi) is 6.02. The van der Waals surface area contributed by atoms with E-state index in [-0.39, 0.29) is 5.38 Å². The van der Waals surface area contributed by atoms with Crippen LogP contribution in [0.15, 0.2) is 16.7 Å². The largest absolute Gasteiger partial charge is 0.380 e. The summed E-state index contributed by atoms with van der Waals surface area (Å²) >= 11 is 9.66. The molecular weight excluding hydrogens is 354 g/mol. The van der Waals surface area contributed by atoms with Crippen LogP contribution < -0.4 is 0 Å². The molecular formula is C15H21BrClN3O. The van der Waals surface area contributed by atoms with Crippen LogP contribution in [0.4, 0.5) is 0 Å². The summed E-state index contributed by atoms with van der Waals surface area (Å²) in [7, 11) is 0. The number of halogens is 2. The molecule has 2 heterocycles. The Hall–Kier alpha value is -0.650. The van der Waals surface area contributed by atoms with Gasteiger partial charge in [0.25, 0.3) is 0 Å². The topological polar surface area (TPSA) is 39.9 Å². The maximum absolute atomic E-state index is 6.24. The second kappa shape index (κ2) is 7.56. The fourth-order valence-corrected chi connectivity index (χ4v) is 2.59. The normalized spacial score (nSPS) is 13.2. The van der Waals surface area contributed by atoms with Crippen molar-refractivity contribution < 1.29 is 4.74 Å². The third-order valence-electron chi connectivity index (χ3n) is 3.24. The summed E-state index contributed by atoms with van der Waals surface area (Å²) in [6.07, 6.45) is 2.86. The van der Waals surface area contributed by atoms with E-state index in [0.717, 1.165) is 41.0 Å². The number of fused-ring (bicyclic) bond motifs is 1. The number of alkyl halides is 1. The molecule has 1 atom stereocenters. The van der Waals surface area contributed by atoms with Crippen molar-refractivity contribution >= 4 is 38.7 Å². The van der Waals surface area contributed by atoms with Crippen LogP contribution in [-0.4, -0.2) is 27.7 Å². The molecule has 0 aliphatic carbocycles. The van der Waals surface area contributed by atoms with Crippen LogP contribution in [0.1, 0.15) is 38.4 Å². The van der Waals surface area contributed by atoms with Crippen molar-refractivity contribution in [3.05, 3.63) is 22.6 Å². The molecule has 21 heavy (non-hydrogen) atoms. The van der Waals surface area contributed by atoms with E-state index in [1.54, 1.807) is 6.20 Å². The minimum Gasteiger partial charge on any atom is -0.380 e. The fraction of sp³-hybridized carbons (Fsp3) is 0.600. The zero-order valence-electron chi connectivity index (χ0n) is 12.6. The first-order valence-corrected chi connectivity index (χ1v) is 8.45. The summed E-state index contributed by atoms with van der Waals surface area (Å²) in [5.74, 6) is 1.50. The van der Waals surface area contributed by atoms with Gasteiger partial charge < -0.3 is 9.30 Å². The van der Waals surface area contributed by atoms with Crippen molar-refractivity contribution in [3.63, 3.8) is 0 Å². The van der Waals surface area contributed by atoms with Gasteiger partial charge in [-0.05, 0) is 41.3 Å². The second-order valence-corrected chi connectivity index (χ2v) is 7.10. The summed E-state index contributed by atoms with van der Waals surface area (Å²) < 4.78 is 8.67. The third-order valence-corrected chi connectivity index (χ3v) is 3.86. The average Bonchev–Trinajstić information content (AvgIpc) is 2.76. The third kappa shape index (κ3) is 4.41. The lowest BCUT2D eigenvalue weighted by Gasteiger charge is -2.11. The van der Waals surface area contributed by atoms with Gasteiger partial charge in [0, 0.05) is 23.8 Å². The van der Waals surface area contributed by atoms with Crippen molar-refractivity contribution in [2.75, 3.05) is 13.2 Å². The zero-order valence-corrected chi connectivity index (χ0v) is 15.0. The molecule has 0 aliphatic rings. The Morgan fingerprint density at radius 3 is 2.76 bits per heavy atom. The van der Waals surface area contributed by atoms with Gasteiger partial charge in [0.05, 0.1) is 12.0 Å². The zero-order chi connectivity index (χ0) is 15.4. The molecule has 2 aromatic rings. The summed E-state index contributed by atoms with van der Waals surface area (Å²) in [6, 6.07) is 1.96. The number of hydrogen-bond acceptors (Lipinski definition) is 3. The maximum Gasteiger partial charge on any atom is 0.160 e. The van der Waals surface area contributed by atoms with Gasteiger partial charge in [0.1, 0.15) is 11.3 Å². The summed E-state index contributed by atoms with van der Waals surface area (Å²) in [5.41, 5.74) is 1.71. The van der Waals surface area contributed by atoms with Gasteiger partial charge in [-0.3, -0.25) is 0 Å². The van der Waals surface area contributed by atoms with E-state index in [9.17, 15) is 0 Å². The minimum absolute atomic E-state index is 0.159. The number of rotatable bonds is 7. The number of aromatic nitrogens is 3. The Morgan fingerprint density at radius 1 is 1.33 bits per heavy atom. The Morgan fingerprint density at radius 2 is 2.10 bits per heavy atom. The molecule has 0 aromatic carbocycles. The lowest BCUT2D eigenvalue weighted by molar-refractivity contribution is 0.116. The van der Waals surface area contributed by atoms with Crippen molar-refractivity contribution in [2.45, 2.75) is 39.1 Å². The average molecular weight is 375 g/mol. The van der Waals surface area contributed by atoms with E-state index in [4.69, 9.17) is 16.3 Å². The molecule has 116 valence electrons. The van der Waals surface area contributed by atoms with Gasteiger partial charge in [0.15, 0.2) is 5.65 Å². The molecule has 0 saturated heterocycles. The number of imidazole rings is 1. The summed E-state index contributed by atoms with van der Waals surface area (Å²) in [5, 5.41) is -0.159. The van der Waals surface area contributed by atoms with E-state index in [1.165, 1.54) is 0 Å². The van der Waals surface area contributed by atoms with Gasteiger partial charge in [-0.2, -0.15) is 0 Å². The van der Waals surface area contributed by atoms with Crippen LogP contribution in [0.25, 0.3) is 11.2 Å². The van der Waals surface area contributed by atoms with Crippen LogP contribution in [0.2, 0.25) is 0 Å². The molecule has 0 amide bonds. The number of ether oxygens (including phenoxy) is 1. The maximum atomic E-state index is 6.24. The van der Waals surface area contributed by atoms with E-state index < -0.39 is 0 Å². The molecule has 0 N–H and O–H groups in total. The molecule has 4 nitrogen and oxygen atoms in total. The van der Waals surface area contributed by atoms with E-state index >= 15 is 0 Å². The highest BCUT2D eigenvalue weighted by Crippen LogP contribution is 2.25. The van der Waals surface area contributed by atoms with E-state index in [1.807, 2.05) is 13.0 Å². The molecule has 0 bridgehead atoms. The molecule has 1 unspecified atom stereocenters. The molecule has 2 rings (SSSR count). The van der Waals surface area contributed by atoms with E-state index in [0.29, 0.717) is 12.5 Å². The van der Waals surface area contributed by atoms with Crippen LogP contribution in [0, 0.1) is 5.92 Å². The van der Waals surface area contributed by atoms with Crippen LogP contribution in [0.3, 0.4) is 0 Å². The quantitative estimate of drug-likeness (QED) is 0.527. The summed E-state index contributed by atoms with van der Waals surface area (Å²) in [4.78, 5) is 9.03. The Balaban J connectivity index is 2.11. The van der Waals surface area contributed by atoms with Crippen LogP contribution in [0.5, 0.6) is 0 Å². The number of nitrogens with zero attached hydrogens (tertiary/aromatic N) is 3. The lowest BCUT2D eigenvalue weighted by Crippen LogP contribution is -2.11. The summed E-state index contributed by atoms with van der Waals surface area (Å²) in [6.45, 7) is 8.47. The predicted molar refractivity (Wildman–Crippen MR) is 89.8 cm³/mol. The molecule has 2 aromatic heterocycles. The minimum atomic E-state index is -0.159. The van der Waals surface area contributed by atoms with Crippen molar-refractivity contribution in [3.8, 4) is 0 Å². The predicted octanol–water partition coefficient (Wildman–Crippen LogP) is 4.56. The molecule has 0 spiro atoms. The molecule has 0 fully saturated rings. The molecule has 0 saturated carbocycles. The van der Waals surface area contributed by atoms with E-state index in [2.05, 4.69) is 44.3 Å². The first-order valence-electron chi connectivity index (χ1n) is 7.22. The highest BCUT2D eigenvalue weighted by molar-refractivity contribution is 9.10. The first kappa shape index (κ1) is 16.7. The number of pyridine rings is 1. The highest BCUT2D eigenvalue weighted by atomic mass is 79.9. The van der Waals surface area contributed by atoms with Gasteiger partial charge in [-0.1, -0.05) is 13.8 Å². The first-order chi connectivity index (χ1) is 9.99. The monoisotopic (exact) mass is 373 g/mol. The van der Waals surface area contributed by atoms with Gasteiger partial charge in [0.2, 0.25) is 0 Å². The second-order valence-electron chi connectivity index (χ2n) is 5.53. The molecule has 0 aliphatic heterocycles. The molecule has 6 heteroatoms. The molecule has 0 radical (unpaired) electrons. The van der Waals surface area contributed by atoms with Gasteiger partial charge in [-0.15, -0.1) is 11.6 Å². The fourth-order valence-electron chi connectivity index (χ4n) is 2.10. The van der Waals surface area contributed by atoms with Crippen LogP contribution >= 0.6 is 27.5 Å². The highest BCUT2D eigenvalue weighted by Gasteiger charge is 2.16. The van der Waals surface area contributed by atoms with Crippen molar-refractivity contribution in [1.82, 2.24) is 14.5 Å². The Bertz CT molecular complexity index is 598. The number of hydrogen-bond donors (Lipinski definition) is 0. The smallest absolute Gasteiger partial charge is 0.160 e. The SMILES string of the molecule is CC(C)CCOCCn1c(C(C)Cl)nc2cc(Br)cnc21. The van der Waals surface area contributed by atoms with Crippen molar-refractivity contribution in [1.29, 1.82) is 0 Å². The van der Waals surface area contributed by atoms with Gasteiger partial charge >= 0.3 is 0 Å². The van der Waals surface area contributed by atoms with Crippen LogP contribution in [-0.2, 0) is 11.3 Å². The van der Waals surface area contributed by atoms with Crippen molar-refractivity contribution in [2.24, 2.45) is 5.92 Å². The Labute approximate surface area is 139 Å². The lowest BCUT2D eigenvalue weighted by atomic mass is 10.1. The standard InChI is InChI=1S/C15H21BrClN3O/c1-10(2)4-6-21-7-5-20-14(11(3)17)19-13-8-12(16)9-18-15(13)20/h8-11H,4-7H2,1-3H3.